The van der Waals surface area contributed by atoms with Crippen LogP contribution in [0.1, 0.15) is 22.3 Å². The number of hydrogen-bond donors (Lipinski definition) is 0. The fourth-order valence-corrected chi connectivity index (χ4v) is 3.80. The van der Waals surface area contributed by atoms with E-state index < -0.39 is 0 Å². The molecule has 0 fully saturated rings. The molecule has 0 spiro atoms. The minimum absolute atomic E-state index is 0.501. The summed E-state index contributed by atoms with van der Waals surface area (Å²) >= 11 is 0. The van der Waals surface area contributed by atoms with Crippen LogP contribution in [0.5, 0.6) is 11.5 Å². The van der Waals surface area contributed by atoms with Gasteiger partial charge in [0.15, 0.2) is 0 Å². The number of ether oxygens (including phenoxy) is 4. The minimum Gasteiger partial charge on any atom is -0.491 e. The molecule has 4 heteroatoms. The lowest BCUT2D eigenvalue weighted by molar-refractivity contribution is 0.0889. The van der Waals surface area contributed by atoms with E-state index in [0.717, 1.165) is 44.9 Å². The Hall–Kier alpha value is -4.12. The molecule has 0 saturated heterocycles. The van der Waals surface area contributed by atoms with Gasteiger partial charge < -0.3 is 18.9 Å². The molecule has 0 atom stereocenters. The van der Waals surface area contributed by atoms with Gasteiger partial charge in [-0.3, -0.25) is 0 Å². The van der Waals surface area contributed by atoms with E-state index in [1.165, 1.54) is 0 Å². The normalized spacial score (nSPS) is 10.6. The van der Waals surface area contributed by atoms with E-state index in [9.17, 15) is 0 Å². The third-order valence-electron chi connectivity index (χ3n) is 6.00. The van der Waals surface area contributed by atoms with Crippen molar-refractivity contribution >= 4 is 12.2 Å². The minimum atomic E-state index is 0.501. The smallest absolute Gasteiger partial charge is 0.119 e. The Bertz CT molecular complexity index is 1160. The summed E-state index contributed by atoms with van der Waals surface area (Å²) in [6.07, 6.45) is 3.66. The van der Waals surface area contributed by atoms with Gasteiger partial charge in [-0.05, 0) is 57.6 Å². The lowest BCUT2D eigenvalue weighted by Crippen LogP contribution is -2.06. The zero-order valence-electron chi connectivity index (χ0n) is 21.7. The maximum absolute atomic E-state index is 5.82. The maximum atomic E-state index is 5.82. The topological polar surface area (TPSA) is 36.9 Å². The van der Waals surface area contributed by atoms with Crippen LogP contribution in [-0.4, -0.2) is 26.4 Å². The molecule has 0 aliphatic carbocycles. The van der Waals surface area contributed by atoms with Gasteiger partial charge in [0, 0.05) is 0 Å². The van der Waals surface area contributed by atoms with E-state index in [1.54, 1.807) is 0 Å². The van der Waals surface area contributed by atoms with Crippen LogP contribution in [0.25, 0.3) is 23.3 Å². The van der Waals surface area contributed by atoms with Gasteiger partial charge in [0.25, 0.3) is 0 Å². The van der Waals surface area contributed by atoms with Crippen LogP contribution in [-0.2, 0) is 22.7 Å². The molecule has 0 aliphatic rings. The van der Waals surface area contributed by atoms with Crippen molar-refractivity contribution in [3.05, 3.63) is 132 Å². The summed E-state index contributed by atoms with van der Waals surface area (Å²) in [6, 6.07) is 32.5. The summed E-state index contributed by atoms with van der Waals surface area (Å²) in [6.45, 7) is 10.7. The van der Waals surface area contributed by atoms with Crippen molar-refractivity contribution in [2.75, 3.05) is 26.4 Å². The quantitative estimate of drug-likeness (QED) is 0.154. The fraction of sp³-hybridized carbons (Fsp3) is 0.176. The van der Waals surface area contributed by atoms with Crippen LogP contribution in [0, 0.1) is 0 Å². The average molecular weight is 507 g/mol. The van der Waals surface area contributed by atoms with E-state index in [0.29, 0.717) is 39.6 Å². The highest BCUT2D eigenvalue weighted by Crippen LogP contribution is 2.24. The van der Waals surface area contributed by atoms with Crippen LogP contribution < -0.4 is 9.47 Å². The van der Waals surface area contributed by atoms with Crippen molar-refractivity contribution in [1.82, 2.24) is 0 Å². The molecule has 4 nitrogen and oxygen atoms in total. The van der Waals surface area contributed by atoms with Gasteiger partial charge >= 0.3 is 0 Å². The van der Waals surface area contributed by atoms with Gasteiger partial charge in [0.05, 0.1) is 26.4 Å². The molecule has 0 N–H and O–H groups in total. The highest BCUT2D eigenvalue weighted by Gasteiger charge is 2.02. The molecule has 4 aromatic rings. The molecule has 0 radical (unpaired) electrons. The summed E-state index contributed by atoms with van der Waals surface area (Å²) < 4.78 is 23.1. The Morgan fingerprint density at radius 1 is 0.447 bits per heavy atom. The molecule has 4 rings (SSSR count). The van der Waals surface area contributed by atoms with Gasteiger partial charge in [0.2, 0.25) is 0 Å². The molecule has 0 bridgehead atoms. The second-order valence-electron chi connectivity index (χ2n) is 8.74. The number of rotatable bonds is 15. The molecule has 4 aromatic carbocycles. The third-order valence-corrected chi connectivity index (χ3v) is 6.00. The molecule has 0 unspecified atom stereocenters. The Morgan fingerprint density at radius 2 is 0.816 bits per heavy atom. The molecule has 0 saturated carbocycles. The molecule has 0 aromatic heterocycles. The lowest BCUT2D eigenvalue weighted by Gasteiger charge is -2.10. The van der Waals surface area contributed by atoms with Crippen LogP contribution in [0.3, 0.4) is 0 Å². The summed E-state index contributed by atoms with van der Waals surface area (Å²) in [5, 5.41) is 0. The second-order valence-corrected chi connectivity index (χ2v) is 8.74. The molecule has 194 valence electrons. The molecule has 0 amide bonds. The Kier molecular flexibility index (Phi) is 10.3. The first kappa shape index (κ1) is 26.9. The van der Waals surface area contributed by atoms with Crippen molar-refractivity contribution in [3.63, 3.8) is 0 Å². The van der Waals surface area contributed by atoms with Crippen molar-refractivity contribution in [3.8, 4) is 22.6 Å². The lowest BCUT2D eigenvalue weighted by atomic mass is 10.1. The predicted molar refractivity (Wildman–Crippen MR) is 155 cm³/mol. The highest BCUT2D eigenvalue weighted by molar-refractivity contribution is 5.64. The molecule has 0 heterocycles. The van der Waals surface area contributed by atoms with Gasteiger partial charge in [-0.1, -0.05) is 98.1 Å². The van der Waals surface area contributed by atoms with Crippen LogP contribution in [0.2, 0.25) is 0 Å². The number of benzene rings is 4. The highest BCUT2D eigenvalue weighted by atomic mass is 16.5. The van der Waals surface area contributed by atoms with E-state index in [1.807, 2.05) is 60.7 Å². The third kappa shape index (κ3) is 8.48. The first-order valence-corrected chi connectivity index (χ1v) is 12.8. The SMILES string of the molecule is C=Cc1ccc(COCCOc2ccc(-c3ccc(OCCOCc4ccc(C=C)cc4)cc3)cc2)cc1. The van der Waals surface area contributed by atoms with Crippen molar-refractivity contribution in [2.45, 2.75) is 13.2 Å². The van der Waals surface area contributed by atoms with Crippen molar-refractivity contribution < 1.29 is 18.9 Å². The first-order chi connectivity index (χ1) is 18.7. The summed E-state index contributed by atoms with van der Waals surface area (Å²) in [5.74, 6) is 1.65. The van der Waals surface area contributed by atoms with Gasteiger partial charge in [-0.2, -0.15) is 0 Å². The second kappa shape index (κ2) is 14.6. The van der Waals surface area contributed by atoms with E-state index in [2.05, 4.69) is 61.7 Å². The van der Waals surface area contributed by atoms with E-state index >= 15 is 0 Å². The standard InChI is InChI=1S/C34H34O4/c1-3-27-5-9-29(10-6-27)25-35-21-23-37-33-17-13-31(14-18-33)32-15-19-34(20-16-32)38-24-22-36-26-30-11-7-28(4-2)8-12-30/h3-20H,1-2,21-26H2. The van der Waals surface area contributed by atoms with Crippen LogP contribution in [0.15, 0.2) is 110 Å². The summed E-state index contributed by atoms with van der Waals surface area (Å²) in [5.41, 5.74) is 6.72. The zero-order valence-corrected chi connectivity index (χ0v) is 21.7. The van der Waals surface area contributed by atoms with E-state index in [4.69, 9.17) is 18.9 Å². The summed E-state index contributed by atoms with van der Waals surface area (Å²) in [4.78, 5) is 0. The molecular weight excluding hydrogens is 472 g/mol. The summed E-state index contributed by atoms with van der Waals surface area (Å²) in [7, 11) is 0. The van der Waals surface area contributed by atoms with Gasteiger partial charge in [-0.15, -0.1) is 0 Å². The average Bonchev–Trinajstić information content (AvgIpc) is 2.98. The zero-order chi connectivity index (χ0) is 26.4. The van der Waals surface area contributed by atoms with Crippen LogP contribution in [0.4, 0.5) is 0 Å². The Balaban J connectivity index is 1.12. The van der Waals surface area contributed by atoms with Crippen molar-refractivity contribution in [1.29, 1.82) is 0 Å². The van der Waals surface area contributed by atoms with Crippen molar-refractivity contribution in [2.24, 2.45) is 0 Å². The molecular formula is C34H34O4. The Morgan fingerprint density at radius 3 is 1.16 bits per heavy atom. The molecule has 38 heavy (non-hydrogen) atoms. The van der Waals surface area contributed by atoms with E-state index in [-0.39, 0.29) is 0 Å². The number of hydrogen-bond acceptors (Lipinski definition) is 4. The fourth-order valence-electron chi connectivity index (χ4n) is 3.80. The maximum Gasteiger partial charge on any atom is 0.119 e. The monoisotopic (exact) mass is 506 g/mol. The first-order valence-electron chi connectivity index (χ1n) is 12.8. The predicted octanol–water partition coefficient (Wildman–Crippen LogP) is 7.83. The largest absolute Gasteiger partial charge is 0.491 e. The van der Waals surface area contributed by atoms with Gasteiger partial charge in [0.1, 0.15) is 24.7 Å². The van der Waals surface area contributed by atoms with Gasteiger partial charge in [-0.25, -0.2) is 0 Å². The van der Waals surface area contributed by atoms with Crippen LogP contribution >= 0.6 is 0 Å². The Labute approximate surface area is 225 Å². The molecule has 0 aliphatic heterocycles.